The third kappa shape index (κ3) is 3.96. The highest BCUT2D eigenvalue weighted by Gasteiger charge is 2.36. The highest BCUT2D eigenvalue weighted by atomic mass is 16.5. The van der Waals surface area contributed by atoms with Crippen molar-refractivity contribution in [2.45, 2.75) is 38.4 Å². The van der Waals surface area contributed by atoms with Crippen LogP contribution in [0.25, 0.3) is 0 Å². The van der Waals surface area contributed by atoms with Gasteiger partial charge in [0.2, 0.25) is 0 Å². The molecule has 1 fully saturated rings. The first-order chi connectivity index (χ1) is 9.08. The summed E-state index contributed by atoms with van der Waals surface area (Å²) in [6.07, 6.45) is 2.75. The highest BCUT2D eigenvalue weighted by Crippen LogP contribution is 2.35. The number of aliphatic hydroxyl groups is 1. The standard InChI is InChI=1S/C15H21NO3/c1-15(18,13-8-5-9-13)11-16-14(17)19-10-12-6-3-2-4-7-12/h2-4,6-7,13,18H,5,8-11H2,1H3,(H,16,17). The van der Waals surface area contributed by atoms with Gasteiger partial charge < -0.3 is 15.2 Å². The van der Waals surface area contributed by atoms with Crippen molar-refractivity contribution in [1.29, 1.82) is 0 Å². The molecule has 2 N–H and O–H groups in total. The van der Waals surface area contributed by atoms with Gasteiger partial charge in [-0.3, -0.25) is 0 Å². The van der Waals surface area contributed by atoms with E-state index in [0.29, 0.717) is 5.92 Å². The van der Waals surface area contributed by atoms with Crippen molar-refractivity contribution >= 4 is 6.09 Å². The molecule has 0 saturated heterocycles. The Hall–Kier alpha value is -1.55. The van der Waals surface area contributed by atoms with Gasteiger partial charge in [-0.25, -0.2) is 4.79 Å². The molecule has 104 valence electrons. The van der Waals surface area contributed by atoms with Gasteiger partial charge >= 0.3 is 6.09 Å². The fourth-order valence-electron chi connectivity index (χ4n) is 2.20. The van der Waals surface area contributed by atoms with Crippen molar-refractivity contribution in [1.82, 2.24) is 5.32 Å². The zero-order valence-electron chi connectivity index (χ0n) is 11.3. The number of hydrogen-bond donors (Lipinski definition) is 2. The quantitative estimate of drug-likeness (QED) is 0.858. The summed E-state index contributed by atoms with van der Waals surface area (Å²) in [4.78, 5) is 11.5. The molecule has 1 aliphatic carbocycles. The van der Waals surface area contributed by atoms with Crippen LogP contribution in [0.5, 0.6) is 0 Å². The normalized spacial score (nSPS) is 18.2. The molecular weight excluding hydrogens is 242 g/mol. The highest BCUT2D eigenvalue weighted by molar-refractivity contribution is 5.67. The van der Waals surface area contributed by atoms with Gasteiger partial charge in [-0.2, -0.15) is 0 Å². The maximum atomic E-state index is 11.5. The topological polar surface area (TPSA) is 58.6 Å². The monoisotopic (exact) mass is 263 g/mol. The van der Waals surface area contributed by atoms with E-state index in [9.17, 15) is 9.90 Å². The second kappa shape index (κ2) is 6.06. The number of hydrogen-bond acceptors (Lipinski definition) is 3. The van der Waals surface area contributed by atoms with Crippen LogP contribution in [0.1, 0.15) is 31.7 Å². The lowest BCUT2D eigenvalue weighted by atomic mass is 9.74. The third-order valence-electron chi connectivity index (χ3n) is 3.79. The Morgan fingerprint density at radius 3 is 2.68 bits per heavy atom. The maximum Gasteiger partial charge on any atom is 0.407 e. The molecule has 0 aromatic heterocycles. The summed E-state index contributed by atoms with van der Waals surface area (Å²) in [6, 6.07) is 9.52. The fourth-order valence-corrected chi connectivity index (χ4v) is 2.20. The lowest BCUT2D eigenvalue weighted by molar-refractivity contribution is -0.0328. The minimum atomic E-state index is -0.829. The molecule has 0 bridgehead atoms. The van der Waals surface area contributed by atoms with E-state index in [1.165, 1.54) is 6.42 Å². The van der Waals surface area contributed by atoms with E-state index in [1.54, 1.807) is 6.92 Å². The van der Waals surface area contributed by atoms with Gasteiger partial charge in [0, 0.05) is 6.54 Å². The van der Waals surface area contributed by atoms with E-state index in [-0.39, 0.29) is 13.2 Å². The Labute approximate surface area is 113 Å². The molecule has 1 atom stereocenters. The molecule has 0 aliphatic heterocycles. The minimum absolute atomic E-state index is 0.241. The van der Waals surface area contributed by atoms with E-state index < -0.39 is 11.7 Å². The number of benzene rings is 1. The van der Waals surface area contributed by atoms with E-state index in [2.05, 4.69) is 5.32 Å². The molecule has 4 nitrogen and oxygen atoms in total. The van der Waals surface area contributed by atoms with Gasteiger partial charge in [-0.05, 0) is 31.2 Å². The van der Waals surface area contributed by atoms with Crippen molar-refractivity contribution in [3.63, 3.8) is 0 Å². The maximum absolute atomic E-state index is 11.5. The Morgan fingerprint density at radius 1 is 1.42 bits per heavy atom. The Balaban J connectivity index is 1.70. The van der Waals surface area contributed by atoms with Crippen LogP contribution in [-0.2, 0) is 11.3 Å². The van der Waals surface area contributed by atoms with Crippen molar-refractivity contribution < 1.29 is 14.6 Å². The third-order valence-corrected chi connectivity index (χ3v) is 3.79. The van der Waals surface area contributed by atoms with Crippen LogP contribution >= 0.6 is 0 Å². The van der Waals surface area contributed by atoms with E-state index >= 15 is 0 Å². The van der Waals surface area contributed by atoms with Gasteiger partial charge in [-0.1, -0.05) is 36.8 Å². The molecule has 0 heterocycles. The Morgan fingerprint density at radius 2 is 2.11 bits per heavy atom. The lowest BCUT2D eigenvalue weighted by Gasteiger charge is -2.38. The molecule has 1 aromatic carbocycles. The molecule has 1 saturated carbocycles. The Bertz CT molecular complexity index is 413. The molecule has 1 aliphatic rings. The van der Waals surface area contributed by atoms with Crippen molar-refractivity contribution in [3.8, 4) is 0 Å². The minimum Gasteiger partial charge on any atom is -0.445 e. The van der Waals surface area contributed by atoms with Crippen LogP contribution in [0.2, 0.25) is 0 Å². The van der Waals surface area contributed by atoms with Crippen LogP contribution in [-0.4, -0.2) is 23.3 Å². The predicted molar refractivity (Wildman–Crippen MR) is 72.6 cm³/mol. The summed E-state index contributed by atoms with van der Waals surface area (Å²) in [5.41, 5.74) is 0.118. The van der Waals surface area contributed by atoms with Crippen LogP contribution in [0, 0.1) is 5.92 Å². The molecule has 19 heavy (non-hydrogen) atoms. The number of ether oxygens (including phenoxy) is 1. The van der Waals surface area contributed by atoms with Crippen molar-refractivity contribution in [2.24, 2.45) is 5.92 Å². The molecule has 1 amide bonds. The fraction of sp³-hybridized carbons (Fsp3) is 0.533. The largest absolute Gasteiger partial charge is 0.445 e. The number of alkyl carbamates (subject to hydrolysis) is 1. The van der Waals surface area contributed by atoms with Crippen LogP contribution in [0.15, 0.2) is 30.3 Å². The molecule has 2 rings (SSSR count). The van der Waals surface area contributed by atoms with Crippen LogP contribution < -0.4 is 5.32 Å². The zero-order valence-corrected chi connectivity index (χ0v) is 11.3. The van der Waals surface area contributed by atoms with Gasteiger partial charge in [0.15, 0.2) is 0 Å². The summed E-state index contributed by atoms with van der Waals surface area (Å²) >= 11 is 0. The van der Waals surface area contributed by atoms with Gasteiger partial charge in [0.25, 0.3) is 0 Å². The first-order valence-corrected chi connectivity index (χ1v) is 6.75. The number of carbonyl (C=O) groups is 1. The second-order valence-corrected chi connectivity index (χ2v) is 5.40. The molecule has 0 spiro atoms. The molecule has 0 radical (unpaired) electrons. The number of amides is 1. The smallest absolute Gasteiger partial charge is 0.407 e. The van der Waals surface area contributed by atoms with Gasteiger partial charge in [0.1, 0.15) is 6.61 Å². The van der Waals surface area contributed by atoms with E-state index in [4.69, 9.17) is 4.74 Å². The van der Waals surface area contributed by atoms with Crippen molar-refractivity contribution in [2.75, 3.05) is 6.54 Å². The Kier molecular flexibility index (Phi) is 4.43. The number of nitrogens with one attached hydrogen (secondary N) is 1. The predicted octanol–water partition coefficient (Wildman–Crippen LogP) is 2.46. The molecule has 4 heteroatoms. The number of rotatable bonds is 5. The summed E-state index contributed by atoms with van der Waals surface area (Å²) in [7, 11) is 0. The molecule has 1 unspecified atom stereocenters. The van der Waals surface area contributed by atoms with Crippen LogP contribution in [0.4, 0.5) is 4.79 Å². The summed E-state index contributed by atoms with van der Waals surface area (Å²) in [5, 5.41) is 12.8. The number of carbonyl (C=O) groups excluding carboxylic acids is 1. The first-order valence-electron chi connectivity index (χ1n) is 6.75. The van der Waals surface area contributed by atoms with Gasteiger partial charge in [0.05, 0.1) is 5.60 Å². The average Bonchev–Trinajstić information content (AvgIpc) is 2.32. The molecular formula is C15H21NO3. The molecule has 1 aromatic rings. The second-order valence-electron chi connectivity index (χ2n) is 5.40. The lowest BCUT2D eigenvalue weighted by Crippen LogP contribution is -2.48. The first kappa shape index (κ1) is 13.9. The summed E-state index contributed by atoms with van der Waals surface area (Å²) in [5.74, 6) is 0.293. The van der Waals surface area contributed by atoms with Gasteiger partial charge in [-0.15, -0.1) is 0 Å². The van der Waals surface area contributed by atoms with E-state index in [1.807, 2.05) is 30.3 Å². The zero-order chi connectivity index (χ0) is 13.7. The average molecular weight is 263 g/mol. The summed E-state index contributed by atoms with van der Waals surface area (Å²) < 4.78 is 5.09. The SMILES string of the molecule is CC(O)(CNC(=O)OCc1ccccc1)C1CCC1. The van der Waals surface area contributed by atoms with Crippen LogP contribution in [0.3, 0.4) is 0 Å². The van der Waals surface area contributed by atoms with E-state index in [0.717, 1.165) is 18.4 Å². The summed E-state index contributed by atoms with van der Waals surface area (Å²) in [6.45, 7) is 2.26. The van der Waals surface area contributed by atoms with Crippen molar-refractivity contribution in [3.05, 3.63) is 35.9 Å².